The number of hydrogen-bond acceptors (Lipinski definition) is 3. The van der Waals surface area contributed by atoms with Gasteiger partial charge in [0.1, 0.15) is 11.2 Å². The van der Waals surface area contributed by atoms with Crippen LogP contribution in [0.1, 0.15) is 74.9 Å². The fraction of sp³-hybridized carbons (Fsp3) is 0.0667. The molecule has 0 radical (unpaired) electrons. The normalized spacial score (nSPS) is 13.8. The molecule has 0 spiro atoms. The summed E-state index contributed by atoms with van der Waals surface area (Å²) in [4.78, 5) is 0. The number of fused-ring (bicyclic) bond motifs is 39. The Balaban J connectivity index is 0.0000000986. The molecule has 9 heterocycles. The third kappa shape index (κ3) is 11.2. The van der Waals surface area contributed by atoms with Crippen LogP contribution in [0.15, 0.2) is 441 Å². The van der Waals surface area contributed by atoms with Crippen molar-refractivity contribution >= 4 is 216 Å². The molecule has 3 aliphatic carbocycles. The van der Waals surface area contributed by atoms with Crippen LogP contribution in [0.5, 0.6) is 0 Å². The van der Waals surface area contributed by atoms with Crippen molar-refractivity contribution in [2.24, 2.45) is 0 Å². The summed E-state index contributed by atoms with van der Waals surface area (Å²) < 4.78 is 26.6. The van der Waals surface area contributed by atoms with Gasteiger partial charge in [-0.05, 0) is 218 Å². The second-order valence-corrected chi connectivity index (χ2v) is 43.4. The van der Waals surface area contributed by atoms with Crippen LogP contribution in [0.4, 0.5) is 0 Å². The molecule has 144 heavy (non-hydrogen) atoms. The quantitative estimate of drug-likeness (QED) is 0.164. The maximum Gasteiger partial charge on any atom is 0.137 e. The Bertz CT molecular complexity index is 10500. The maximum absolute atomic E-state index is 6.36. The van der Waals surface area contributed by atoms with Crippen LogP contribution in [0, 0.1) is 0 Å². The SMILES string of the molecule is CC1(C)c2ccccc2-c2cc(-n3c4ccccc4c4ccc5c(c6ccccc6n5-c5ccc6c(c5)oc5ccccc56)c43)ccc21.CC1(C)c2ccccc2-c2cc(-n3c4ccccc4c4ccc5c(c6ccccc6n5-c5ccc6c(c5)sc5ccccc56)c43)ccc21.CC1(C)c2ccccc2-c2cc(-n3c4ccccc4c4ccc5c(c6ccccc6n5-c5ccc6sc7ccccc7c6c5)c43)ccc21. The van der Waals surface area contributed by atoms with E-state index in [0.717, 1.165) is 27.6 Å². The predicted octanol–water partition coefficient (Wildman–Crippen LogP) is 37.2. The van der Waals surface area contributed by atoms with E-state index in [-0.39, 0.29) is 16.2 Å². The van der Waals surface area contributed by atoms with Crippen molar-refractivity contribution in [3.63, 3.8) is 0 Å². The maximum atomic E-state index is 6.36. The van der Waals surface area contributed by atoms with Gasteiger partial charge in [0, 0.05) is 172 Å². The van der Waals surface area contributed by atoms with Gasteiger partial charge >= 0.3 is 0 Å². The third-order valence-electron chi connectivity index (χ3n) is 32.7. The van der Waals surface area contributed by atoms with Crippen LogP contribution in [0.25, 0.3) is 261 Å². The first-order chi connectivity index (χ1) is 70.7. The monoisotopic (exact) mass is 1870 g/mol. The molecular formula is C135H90N6OS2. The van der Waals surface area contributed by atoms with E-state index < -0.39 is 0 Å². The molecule has 0 bridgehead atoms. The Hall–Kier alpha value is -17.3. The molecular weight excluding hydrogens is 1790 g/mol. The van der Waals surface area contributed by atoms with Crippen LogP contribution < -0.4 is 0 Å². The largest absolute Gasteiger partial charge is 0.456 e. The molecule has 21 aromatic carbocycles. The molecule has 0 amide bonds. The minimum absolute atomic E-state index is 0.0263. The van der Waals surface area contributed by atoms with E-state index in [0.29, 0.717) is 0 Å². The van der Waals surface area contributed by atoms with Crippen molar-refractivity contribution in [3.05, 3.63) is 470 Å². The van der Waals surface area contributed by atoms with Crippen LogP contribution in [-0.2, 0) is 16.2 Å². The van der Waals surface area contributed by atoms with Crippen molar-refractivity contribution in [3.8, 4) is 67.5 Å². The van der Waals surface area contributed by atoms with Crippen LogP contribution in [-0.4, -0.2) is 27.4 Å². The minimum Gasteiger partial charge on any atom is -0.456 e. The van der Waals surface area contributed by atoms with Gasteiger partial charge in [0.15, 0.2) is 0 Å². The van der Waals surface area contributed by atoms with Crippen molar-refractivity contribution in [2.45, 2.75) is 57.8 Å². The summed E-state index contributed by atoms with van der Waals surface area (Å²) in [5.74, 6) is 0. The molecule has 7 nitrogen and oxygen atoms in total. The third-order valence-corrected chi connectivity index (χ3v) is 35.0. The number of furan rings is 1. The number of nitrogens with zero attached hydrogens (tertiary/aromatic N) is 6. The summed E-state index contributed by atoms with van der Waals surface area (Å²) >= 11 is 3.75. The fourth-order valence-corrected chi connectivity index (χ4v) is 28.5. The molecule has 0 unspecified atom stereocenters. The summed E-state index contributed by atoms with van der Waals surface area (Å²) in [6.07, 6.45) is 0. The molecule has 3 aliphatic rings. The topological polar surface area (TPSA) is 42.7 Å². The number of thiophene rings is 2. The molecule has 0 fully saturated rings. The molecule has 0 N–H and O–H groups in total. The van der Waals surface area contributed by atoms with Crippen LogP contribution in [0.3, 0.4) is 0 Å². The molecule has 30 aromatic rings. The Morgan fingerprint density at radius 2 is 0.438 bits per heavy atom. The average Bonchev–Trinajstić information content (AvgIpc) is 1.54. The lowest BCUT2D eigenvalue weighted by atomic mass is 9.82. The second-order valence-electron chi connectivity index (χ2n) is 41.2. The average molecular weight is 1880 g/mol. The molecule has 0 saturated heterocycles. The van der Waals surface area contributed by atoms with E-state index in [2.05, 4.69) is 494 Å². The lowest BCUT2D eigenvalue weighted by Crippen LogP contribution is -2.14. The van der Waals surface area contributed by atoms with Crippen molar-refractivity contribution < 1.29 is 4.42 Å². The standard InChI is InChI=1S/C45H30N2O.2C45H30N2S/c1-45(2)36-15-7-3-11-29(36)35-25-27(20-23-37(35)45)47-38-16-8-4-12-30(38)33-22-24-40-43(44(33)47)34-14-5-9-17-39(34)46(40)28-19-21-32-31-13-6-10-18-41(31)48-42(32)26-28;1-45(2)36-15-7-3-11-29(36)34-25-28(19-22-37(34)45)47-38-16-8-4-12-30(38)32-21-23-40-43(44(32)47)33-14-5-9-17-39(33)46(40)27-20-24-42-35(26-27)31-13-6-10-18-41(31)48-42;1-45(2)36-15-7-3-11-29(36)35-25-27(20-23-37(35)45)47-38-16-8-4-12-30(38)33-22-24-40-43(44(33)47)34-14-5-9-17-39(34)46(40)28-19-21-32-31-13-6-10-18-41(31)48-42(32)26-28/h3*3-26H,1-2H3. The van der Waals surface area contributed by atoms with Gasteiger partial charge in [-0.25, -0.2) is 0 Å². The fourth-order valence-electron chi connectivity index (χ4n) is 26.3. The lowest BCUT2D eigenvalue weighted by Gasteiger charge is -2.21. The summed E-state index contributed by atoms with van der Waals surface area (Å²) in [7, 11) is 0. The highest BCUT2D eigenvalue weighted by atomic mass is 32.1. The summed E-state index contributed by atoms with van der Waals surface area (Å²) in [5.41, 5.74) is 39.9. The zero-order valence-electron chi connectivity index (χ0n) is 80.0. The number of hydrogen-bond donors (Lipinski definition) is 0. The second kappa shape index (κ2) is 29.9. The van der Waals surface area contributed by atoms with E-state index in [1.54, 1.807) is 0 Å². The Morgan fingerprint density at radius 3 is 0.861 bits per heavy atom. The van der Waals surface area contributed by atoms with E-state index in [4.69, 9.17) is 4.42 Å². The smallest absolute Gasteiger partial charge is 0.137 e. The van der Waals surface area contributed by atoms with Crippen molar-refractivity contribution in [2.75, 3.05) is 0 Å². The first-order valence-corrected chi connectivity index (χ1v) is 51.7. The molecule has 0 saturated carbocycles. The zero-order valence-corrected chi connectivity index (χ0v) is 81.6. The van der Waals surface area contributed by atoms with Gasteiger partial charge < -0.3 is 31.8 Å². The van der Waals surface area contributed by atoms with Gasteiger partial charge in [-0.1, -0.05) is 321 Å². The lowest BCUT2D eigenvalue weighted by molar-refractivity contribution is 0.660. The Morgan fingerprint density at radius 1 is 0.167 bits per heavy atom. The van der Waals surface area contributed by atoms with E-state index in [1.807, 2.05) is 34.8 Å². The van der Waals surface area contributed by atoms with Crippen molar-refractivity contribution in [1.29, 1.82) is 0 Å². The minimum atomic E-state index is -0.0348. The van der Waals surface area contributed by atoms with Gasteiger partial charge in [0.2, 0.25) is 0 Å². The Kier molecular flexibility index (Phi) is 16.9. The molecule has 0 atom stereocenters. The van der Waals surface area contributed by atoms with E-state index in [9.17, 15) is 0 Å². The van der Waals surface area contributed by atoms with Crippen LogP contribution in [0.2, 0.25) is 0 Å². The zero-order chi connectivity index (χ0) is 95.2. The number of aromatic nitrogens is 6. The van der Waals surface area contributed by atoms with E-state index in [1.165, 1.54) is 266 Å². The summed E-state index contributed by atoms with van der Waals surface area (Å²) in [6, 6.07) is 162. The van der Waals surface area contributed by atoms with Gasteiger partial charge in [-0.2, -0.15) is 0 Å². The molecule has 9 aromatic heterocycles. The summed E-state index contributed by atoms with van der Waals surface area (Å²) in [5, 5.41) is 22.8. The first kappa shape index (κ1) is 81.5. The number of rotatable bonds is 6. The predicted molar refractivity (Wildman–Crippen MR) is 611 cm³/mol. The molecule has 0 aliphatic heterocycles. The van der Waals surface area contributed by atoms with Crippen LogP contribution >= 0.6 is 22.7 Å². The Labute approximate surface area is 836 Å². The summed E-state index contributed by atoms with van der Waals surface area (Å²) in [6.45, 7) is 14.1. The highest BCUT2D eigenvalue weighted by Gasteiger charge is 2.40. The van der Waals surface area contributed by atoms with Gasteiger partial charge in [0.05, 0.1) is 66.2 Å². The highest BCUT2D eigenvalue weighted by molar-refractivity contribution is 7.26. The van der Waals surface area contributed by atoms with Gasteiger partial charge in [-0.3, -0.25) is 0 Å². The number of benzene rings is 21. The molecule has 678 valence electrons. The van der Waals surface area contributed by atoms with Crippen molar-refractivity contribution in [1.82, 2.24) is 27.4 Å². The highest BCUT2D eigenvalue weighted by Crippen LogP contribution is 2.56. The number of para-hydroxylation sites is 7. The molecule has 9 heteroatoms. The van der Waals surface area contributed by atoms with E-state index >= 15 is 0 Å². The first-order valence-electron chi connectivity index (χ1n) is 50.1. The van der Waals surface area contributed by atoms with Gasteiger partial charge in [0.25, 0.3) is 0 Å². The van der Waals surface area contributed by atoms with Gasteiger partial charge in [-0.15, -0.1) is 22.7 Å². The molecule has 33 rings (SSSR count).